The van der Waals surface area contributed by atoms with Gasteiger partial charge in [-0.2, -0.15) is 0 Å². The van der Waals surface area contributed by atoms with E-state index in [1.165, 1.54) is 6.07 Å². The molecule has 3 atom stereocenters. The normalized spacial score (nSPS) is 24.3. The second-order valence-corrected chi connectivity index (χ2v) is 7.28. The molecule has 2 fully saturated rings. The maximum absolute atomic E-state index is 10.3. The second kappa shape index (κ2) is 6.07. The molecule has 2 saturated heterocycles. The Morgan fingerprint density at radius 3 is 2.85 bits per heavy atom. The van der Waals surface area contributed by atoms with Gasteiger partial charge in [0.1, 0.15) is 11.4 Å². The Labute approximate surface area is 155 Å². The van der Waals surface area contributed by atoms with Crippen LogP contribution in [0.2, 0.25) is 5.02 Å². The van der Waals surface area contributed by atoms with E-state index in [-0.39, 0.29) is 17.9 Å². The highest BCUT2D eigenvalue weighted by Gasteiger charge is 2.41. The Morgan fingerprint density at radius 1 is 1.15 bits per heavy atom. The van der Waals surface area contributed by atoms with Crippen LogP contribution in [0.4, 0.5) is 5.82 Å². The number of ether oxygens (including phenoxy) is 1. The van der Waals surface area contributed by atoms with Crippen LogP contribution >= 0.6 is 11.6 Å². The molecule has 7 heteroatoms. The van der Waals surface area contributed by atoms with E-state index in [4.69, 9.17) is 16.3 Å². The Kier molecular flexibility index (Phi) is 3.69. The third-order valence-electron chi connectivity index (χ3n) is 5.22. The van der Waals surface area contributed by atoms with E-state index in [1.54, 1.807) is 24.5 Å². The topological polar surface area (TPSA) is 80.2 Å². The lowest BCUT2D eigenvalue weighted by Gasteiger charge is -2.21. The minimum absolute atomic E-state index is 0.0760. The molecule has 0 saturated carbocycles. The average Bonchev–Trinajstić information content (AvgIpc) is 3.26. The molecule has 0 radical (unpaired) electrons. The minimum Gasteiger partial charge on any atom is -0.507 e. The zero-order valence-electron chi connectivity index (χ0n) is 13.9. The summed E-state index contributed by atoms with van der Waals surface area (Å²) in [4.78, 5) is 4.24. The monoisotopic (exact) mass is 368 g/mol. The molecular formula is C19H17ClN4O2. The van der Waals surface area contributed by atoms with Crippen molar-refractivity contribution in [3.63, 3.8) is 0 Å². The lowest BCUT2D eigenvalue weighted by molar-refractivity contribution is 0.102. The van der Waals surface area contributed by atoms with Crippen molar-refractivity contribution in [2.45, 2.75) is 37.5 Å². The van der Waals surface area contributed by atoms with Gasteiger partial charge in [-0.25, -0.2) is 0 Å². The van der Waals surface area contributed by atoms with Crippen LogP contribution in [0.3, 0.4) is 0 Å². The van der Waals surface area contributed by atoms with Crippen LogP contribution in [-0.4, -0.2) is 38.5 Å². The number of halogens is 1. The van der Waals surface area contributed by atoms with Crippen LogP contribution in [0.1, 0.15) is 19.3 Å². The van der Waals surface area contributed by atoms with Crippen LogP contribution < -0.4 is 5.32 Å². The SMILES string of the molecule is Oc1cc(Cl)ccc1-c1nnc(NC2C[C@@H]3CC[C@H]2O3)c2cnccc12. The maximum Gasteiger partial charge on any atom is 0.158 e. The number of aromatic nitrogens is 3. The maximum atomic E-state index is 10.3. The van der Waals surface area contributed by atoms with Crippen molar-refractivity contribution in [2.75, 3.05) is 5.32 Å². The quantitative estimate of drug-likeness (QED) is 0.732. The first-order valence-electron chi connectivity index (χ1n) is 8.70. The summed E-state index contributed by atoms with van der Waals surface area (Å²) in [5.74, 6) is 0.776. The molecule has 5 rings (SSSR count). The van der Waals surface area contributed by atoms with Gasteiger partial charge in [0.15, 0.2) is 5.82 Å². The summed E-state index contributed by atoms with van der Waals surface area (Å²) in [6.45, 7) is 0. The van der Waals surface area contributed by atoms with E-state index < -0.39 is 0 Å². The molecule has 2 bridgehead atoms. The number of pyridine rings is 1. The summed E-state index contributed by atoms with van der Waals surface area (Å²) in [6.07, 6.45) is 7.32. The van der Waals surface area contributed by atoms with Crippen LogP contribution in [0.25, 0.3) is 22.0 Å². The van der Waals surface area contributed by atoms with Gasteiger partial charge in [-0.05, 0) is 43.5 Å². The Morgan fingerprint density at radius 2 is 2.08 bits per heavy atom. The summed E-state index contributed by atoms with van der Waals surface area (Å²) >= 11 is 5.95. The number of anilines is 1. The van der Waals surface area contributed by atoms with Crippen molar-refractivity contribution in [3.05, 3.63) is 41.7 Å². The molecule has 26 heavy (non-hydrogen) atoms. The van der Waals surface area contributed by atoms with Crippen LogP contribution in [0.15, 0.2) is 36.7 Å². The Bertz CT molecular complexity index is 996. The number of nitrogens with zero attached hydrogens (tertiary/aromatic N) is 3. The highest BCUT2D eigenvalue weighted by molar-refractivity contribution is 6.30. The molecule has 0 spiro atoms. The third-order valence-corrected chi connectivity index (χ3v) is 5.46. The van der Waals surface area contributed by atoms with Crippen LogP contribution in [0, 0.1) is 0 Å². The number of nitrogens with one attached hydrogen (secondary N) is 1. The zero-order valence-corrected chi connectivity index (χ0v) is 14.6. The Hall–Kier alpha value is -2.44. The molecule has 2 aromatic heterocycles. The summed E-state index contributed by atoms with van der Waals surface area (Å²) in [5, 5.41) is 24.8. The van der Waals surface area contributed by atoms with Gasteiger partial charge in [-0.1, -0.05) is 11.6 Å². The highest BCUT2D eigenvalue weighted by atomic mass is 35.5. The molecule has 3 aromatic rings. The van der Waals surface area contributed by atoms with E-state index in [9.17, 15) is 5.11 Å². The number of phenolic OH excluding ortho intramolecular Hbond substituents is 1. The van der Waals surface area contributed by atoms with Crippen molar-refractivity contribution >= 4 is 28.2 Å². The van der Waals surface area contributed by atoms with Gasteiger partial charge in [0, 0.05) is 33.8 Å². The van der Waals surface area contributed by atoms with Gasteiger partial charge >= 0.3 is 0 Å². The number of phenols is 1. The molecule has 4 heterocycles. The highest BCUT2D eigenvalue weighted by Crippen LogP contribution is 2.38. The number of hydrogen-bond acceptors (Lipinski definition) is 6. The predicted octanol–water partition coefficient (Wildman–Crippen LogP) is 3.78. The number of aromatic hydroxyl groups is 1. The van der Waals surface area contributed by atoms with E-state index in [0.717, 1.165) is 30.0 Å². The van der Waals surface area contributed by atoms with Gasteiger partial charge < -0.3 is 15.2 Å². The van der Waals surface area contributed by atoms with E-state index in [2.05, 4.69) is 20.5 Å². The van der Waals surface area contributed by atoms with Gasteiger partial charge in [0.05, 0.1) is 18.2 Å². The fraction of sp³-hybridized carbons (Fsp3) is 0.316. The fourth-order valence-corrected chi connectivity index (χ4v) is 4.14. The first-order valence-corrected chi connectivity index (χ1v) is 9.08. The largest absolute Gasteiger partial charge is 0.507 e. The molecular weight excluding hydrogens is 352 g/mol. The van der Waals surface area contributed by atoms with E-state index in [1.807, 2.05) is 6.07 Å². The molecule has 1 unspecified atom stereocenters. The smallest absolute Gasteiger partial charge is 0.158 e. The minimum atomic E-state index is 0.0760. The van der Waals surface area contributed by atoms with Crippen LogP contribution in [-0.2, 0) is 4.74 Å². The standard InChI is InChI=1S/C19H17ClN4O2/c20-10-1-3-13(16(25)7-10)18-12-5-6-21-9-14(12)19(24-23-18)22-15-8-11-2-4-17(15)26-11/h1,3,5-7,9,11,15,17,25H,2,4,8H2,(H,22,24)/t11-,15?,17+/m0/s1. The summed E-state index contributed by atoms with van der Waals surface area (Å²) in [7, 11) is 0. The van der Waals surface area contributed by atoms with Crippen molar-refractivity contribution in [3.8, 4) is 17.0 Å². The molecule has 0 aliphatic carbocycles. The number of rotatable bonds is 3. The lowest BCUT2D eigenvalue weighted by atomic mass is 9.95. The summed E-state index contributed by atoms with van der Waals surface area (Å²) in [6, 6.07) is 7.11. The van der Waals surface area contributed by atoms with Crippen molar-refractivity contribution in [1.29, 1.82) is 0 Å². The van der Waals surface area contributed by atoms with Crippen molar-refractivity contribution in [1.82, 2.24) is 15.2 Å². The first-order chi connectivity index (χ1) is 12.7. The van der Waals surface area contributed by atoms with Crippen LogP contribution in [0.5, 0.6) is 5.75 Å². The number of hydrogen-bond donors (Lipinski definition) is 2. The second-order valence-electron chi connectivity index (χ2n) is 6.84. The first kappa shape index (κ1) is 15.8. The summed E-state index contributed by atoms with van der Waals surface area (Å²) < 4.78 is 5.92. The van der Waals surface area contributed by atoms with Gasteiger partial charge in [-0.15, -0.1) is 10.2 Å². The van der Waals surface area contributed by atoms with E-state index in [0.29, 0.717) is 28.2 Å². The number of benzene rings is 1. The zero-order chi connectivity index (χ0) is 17.7. The molecule has 6 nitrogen and oxygen atoms in total. The fourth-order valence-electron chi connectivity index (χ4n) is 3.97. The lowest BCUT2D eigenvalue weighted by Crippen LogP contribution is -2.31. The van der Waals surface area contributed by atoms with E-state index >= 15 is 0 Å². The summed E-state index contributed by atoms with van der Waals surface area (Å²) in [5.41, 5.74) is 1.19. The van der Waals surface area contributed by atoms with Gasteiger partial charge in [0.2, 0.25) is 0 Å². The molecule has 0 amide bonds. The molecule has 2 N–H and O–H groups in total. The third kappa shape index (κ3) is 2.57. The Balaban J connectivity index is 1.58. The average molecular weight is 369 g/mol. The molecule has 1 aromatic carbocycles. The molecule has 2 aliphatic heterocycles. The molecule has 132 valence electrons. The number of fused-ring (bicyclic) bond motifs is 3. The van der Waals surface area contributed by atoms with Gasteiger partial charge in [0.25, 0.3) is 0 Å². The predicted molar refractivity (Wildman–Crippen MR) is 99.4 cm³/mol. The molecule has 2 aliphatic rings. The van der Waals surface area contributed by atoms with Crippen molar-refractivity contribution in [2.24, 2.45) is 0 Å². The van der Waals surface area contributed by atoms with Gasteiger partial charge in [-0.3, -0.25) is 4.98 Å². The van der Waals surface area contributed by atoms with Crippen molar-refractivity contribution < 1.29 is 9.84 Å².